The zero-order valence-electron chi connectivity index (χ0n) is 11.6. The van der Waals surface area contributed by atoms with Crippen LogP contribution in [0.3, 0.4) is 0 Å². The molecule has 3 nitrogen and oxygen atoms in total. The molecule has 2 heterocycles. The van der Waals surface area contributed by atoms with Crippen LogP contribution in [0.1, 0.15) is 44.2 Å². The van der Waals surface area contributed by atoms with Crippen LogP contribution >= 0.6 is 34.5 Å². The molecule has 1 unspecified atom stereocenters. The number of carbonyl (C=O) groups is 1. The van der Waals surface area contributed by atoms with Gasteiger partial charge in [0.05, 0.1) is 8.67 Å². The molecule has 0 radical (unpaired) electrons. The third kappa shape index (κ3) is 4.35. The van der Waals surface area contributed by atoms with Crippen molar-refractivity contribution in [3.63, 3.8) is 0 Å². The van der Waals surface area contributed by atoms with Gasteiger partial charge in [-0.3, -0.25) is 4.79 Å². The molecule has 1 aromatic heterocycles. The van der Waals surface area contributed by atoms with Crippen LogP contribution in [0.2, 0.25) is 8.67 Å². The molecule has 0 aliphatic carbocycles. The minimum atomic E-state index is 0.111. The Hall–Kier alpha value is -0.290. The molecule has 6 heteroatoms. The maximum atomic E-state index is 12.0. The molecular formula is C14H20Cl2N2OS. The Kier molecular flexibility index (Phi) is 6.15. The standard InChI is InChI=1S/C14H20Cl2N2OS/c1-10(11-9-12(15)20-14(11)16)17-6-5-13(19)18-7-3-2-4-8-18/h9-10,17H,2-8H2,1H3. The Bertz CT molecular complexity index is 458. The third-order valence-electron chi connectivity index (χ3n) is 3.65. The molecule has 0 spiro atoms. The molecule has 20 heavy (non-hydrogen) atoms. The number of nitrogens with one attached hydrogen (secondary N) is 1. The van der Waals surface area contributed by atoms with Gasteiger partial charge in [-0.1, -0.05) is 23.2 Å². The van der Waals surface area contributed by atoms with E-state index >= 15 is 0 Å². The summed E-state index contributed by atoms with van der Waals surface area (Å²) in [4.78, 5) is 14.0. The maximum Gasteiger partial charge on any atom is 0.223 e. The number of hydrogen-bond donors (Lipinski definition) is 1. The number of hydrogen-bond acceptors (Lipinski definition) is 3. The highest BCUT2D eigenvalue weighted by atomic mass is 35.5. The van der Waals surface area contributed by atoms with Gasteiger partial charge in [-0.05, 0) is 37.8 Å². The van der Waals surface area contributed by atoms with Gasteiger partial charge in [0.2, 0.25) is 5.91 Å². The quantitative estimate of drug-likeness (QED) is 0.878. The molecule has 1 aromatic rings. The van der Waals surface area contributed by atoms with Crippen LogP contribution in [-0.2, 0) is 4.79 Å². The summed E-state index contributed by atoms with van der Waals surface area (Å²) < 4.78 is 1.42. The normalized spacial score (nSPS) is 17.2. The average Bonchev–Trinajstić information content (AvgIpc) is 2.78. The lowest BCUT2D eigenvalue weighted by Gasteiger charge is -2.27. The van der Waals surface area contributed by atoms with E-state index in [-0.39, 0.29) is 11.9 Å². The SMILES string of the molecule is CC(NCCC(=O)N1CCCCC1)c1cc(Cl)sc1Cl. The Morgan fingerprint density at radius 1 is 1.40 bits per heavy atom. The van der Waals surface area contributed by atoms with Crippen LogP contribution < -0.4 is 5.32 Å². The number of likely N-dealkylation sites (tertiary alicyclic amines) is 1. The van der Waals surface area contributed by atoms with E-state index in [1.54, 1.807) is 0 Å². The molecule has 1 fully saturated rings. The van der Waals surface area contributed by atoms with Crippen LogP contribution in [0, 0.1) is 0 Å². The van der Waals surface area contributed by atoms with Gasteiger partial charge < -0.3 is 10.2 Å². The summed E-state index contributed by atoms with van der Waals surface area (Å²) in [5.74, 6) is 0.249. The molecule has 1 amide bonds. The average molecular weight is 335 g/mol. The highest BCUT2D eigenvalue weighted by Crippen LogP contribution is 2.34. The van der Waals surface area contributed by atoms with Crippen LogP contribution in [0.15, 0.2) is 6.07 Å². The van der Waals surface area contributed by atoms with Crippen molar-refractivity contribution in [2.24, 2.45) is 0 Å². The van der Waals surface area contributed by atoms with E-state index in [1.807, 2.05) is 17.9 Å². The van der Waals surface area contributed by atoms with Gasteiger partial charge in [0.15, 0.2) is 0 Å². The molecule has 1 aliphatic rings. The molecular weight excluding hydrogens is 315 g/mol. The van der Waals surface area contributed by atoms with E-state index in [0.717, 1.165) is 35.8 Å². The first-order valence-electron chi connectivity index (χ1n) is 7.04. The van der Waals surface area contributed by atoms with E-state index < -0.39 is 0 Å². The lowest BCUT2D eigenvalue weighted by atomic mass is 10.1. The molecule has 2 rings (SSSR count). The zero-order chi connectivity index (χ0) is 14.5. The van der Waals surface area contributed by atoms with Crippen LogP contribution in [0.5, 0.6) is 0 Å². The molecule has 1 saturated heterocycles. The van der Waals surface area contributed by atoms with Crippen molar-refractivity contribution in [2.75, 3.05) is 19.6 Å². The highest BCUT2D eigenvalue weighted by molar-refractivity contribution is 7.20. The first-order valence-corrected chi connectivity index (χ1v) is 8.61. The van der Waals surface area contributed by atoms with Gasteiger partial charge in [0.1, 0.15) is 0 Å². The molecule has 0 bridgehead atoms. The smallest absolute Gasteiger partial charge is 0.223 e. The summed E-state index contributed by atoms with van der Waals surface area (Å²) in [5, 5.41) is 3.34. The molecule has 112 valence electrons. The lowest BCUT2D eigenvalue weighted by molar-refractivity contribution is -0.132. The minimum Gasteiger partial charge on any atom is -0.343 e. The second kappa shape index (κ2) is 7.64. The monoisotopic (exact) mass is 334 g/mol. The van der Waals surface area contributed by atoms with Crippen molar-refractivity contribution in [1.82, 2.24) is 10.2 Å². The summed E-state index contributed by atoms with van der Waals surface area (Å²) >= 11 is 13.4. The number of thiophene rings is 1. The van der Waals surface area contributed by atoms with E-state index in [0.29, 0.717) is 17.3 Å². The van der Waals surface area contributed by atoms with Gasteiger partial charge in [0.25, 0.3) is 0 Å². The summed E-state index contributed by atoms with van der Waals surface area (Å²) in [5.41, 5.74) is 1.01. The predicted molar refractivity (Wildman–Crippen MR) is 85.8 cm³/mol. The first-order chi connectivity index (χ1) is 9.58. The van der Waals surface area contributed by atoms with Crippen molar-refractivity contribution < 1.29 is 4.79 Å². The number of piperidine rings is 1. The second-order valence-corrected chi connectivity index (χ2v) is 7.43. The Labute approximate surface area is 134 Å². The molecule has 0 saturated carbocycles. The summed E-state index contributed by atoms with van der Waals surface area (Å²) in [6, 6.07) is 2.00. The topological polar surface area (TPSA) is 32.3 Å². The van der Waals surface area contributed by atoms with E-state index in [9.17, 15) is 4.79 Å². The zero-order valence-corrected chi connectivity index (χ0v) is 14.0. The second-order valence-electron chi connectivity index (χ2n) is 5.15. The van der Waals surface area contributed by atoms with Crippen molar-refractivity contribution >= 4 is 40.4 Å². The Morgan fingerprint density at radius 3 is 2.70 bits per heavy atom. The Morgan fingerprint density at radius 2 is 2.10 bits per heavy atom. The van der Waals surface area contributed by atoms with Crippen LogP contribution in [0.25, 0.3) is 0 Å². The molecule has 0 aromatic carbocycles. The summed E-state index contributed by atoms with van der Waals surface area (Å²) in [6.45, 7) is 4.54. The Balaban J connectivity index is 1.75. The van der Waals surface area contributed by atoms with Crippen LogP contribution in [-0.4, -0.2) is 30.4 Å². The summed E-state index contributed by atoms with van der Waals surface area (Å²) in [7, 11) is 0. The van der Waals surface area contributed by atoms with Crippen molar-refractivity contribution in [3.8, 4) is 0 Å². The highest BCUT2D eigenvalue weighted by Gasteiger charge is 2.17. The van der Waals surface area contributed by atoms with E-state index in [1.165, 1.54) is 17.8 Å². The maximum absolute atomic E-state index is 12.0. The number of halogens is 2. The van der Waals surface area contributed by atoms with Crippen LogP contribution in [0.4, 0.5) is 0 Å². The number of amides is 1. The van der Waals surface area contributed by atoms with Gasteiger partial charge >= 0.3 is 0 Å². The van der Waals surface area contributed by atoms with Gasteiger partial charge in [0, 0.05) is 32.1 Å². The lowest BCUT2D eigenvalue weighted by Crippen LogP contribution is -2.37. The third-order valence-corrected chi connectivity index (χ3v) is 5.17. The van der Waals surface area contributed by atoms with Gasteiger partial charge in [-0.15, -0.1) is 11.3 Å². The molecule has 1 N–H and O–H groups in total. The van der Waals surface area contributed by atoms with E-state index in [4.69, 9.17) is 23.2 Å². The van der Waals surface area contributed by atoms with Gasteiger partial charge in [-0.25, -0.2) is 0 Å². The summed E-state index contributed by atoms with van der Waals surface area (Å²) in [6.07, 6.45) is 4.06. The fourth-order valence-electron chi connectivity index (χ4n) is 2.46. The number of nitrogens with zero attached hydrogens (tertiary/aromatic N) is 1. The van der Waals surface area contributed by atoms with Gasteiger partial charge in [-0.2, -0.15) is 0 Å². The minimum absolute atomic E-state index is 0.111. The number of rotatable bonds is 5. The van der Waals surface area contributed by atoms with Crippen molar-refractivity contribution in [1.29, 1.82) is 0 Å². The molecule has 1 atom stereocenters. The molecule has 1 aliphatic heterocycles. The number of carbonyl (C=O) groups excluding carboxylic acids is 1. The largest absolute Gasteiger partial charge is 0.343 e. The van der Waals surface area contributed by atoms with E-state index in [2.05, 4.69) is 5.32 Å². The fourth-order valence-corrected chi connectivity index (χ4v) is 4.10. The first kappa shape index (κ1) is 16.1. The predicted octanol–water partition coefficient (Wildman–Crippen LogP) is 4.11. The van der Waals surface area contributed by atoms with Crippen molar-refractivity contribution in [3.05, 3.63) is 20.3 Å². The fraction of sp³-hybridized carbons (Fsp3) is 0.643. The van der Waals surface area contributed by atoms with Crippen molar-refractivity contribution in [2.45, 2.75) is 38.6 Å².